The molecule has 1 heterocycles. The maximum absolute atomic E-state index is 14.1. The van der Waals surface area contributed by atoms with Crippen LogP contribution in [0.5, 0.6) is 5.75 Å². The first-order valence-corrected chi connectivity index (χ1v) is 7.95. The van der Waals surface area contributed by atoms with Crippen molar-refractivity contribution in [3.63, 3.8) is 0 Å². The highest BCUT2D eigenvalue weighted by atomic mass is 35.5. The highest BCUT2D eigenvalue weighted by Gasteiger charge is 2.27. The summed E-state index contributed by atoms with van der Waals surface area (Å²) in [6, 6.07) is 5.70. The lowest BCUT2D eigenvalue weighted by atomic mass is 9.89. The highest BCUT2D eigenvalue weighted by Crippen LogP contribution is 2.33. The van der Waals surface area contributed by atoms with Crippen LogP contribution in [0.4, 0.5) is 4.39 Å². The summed E-state index contributed by atoms with van der Waals surface area (Å²) in [5.74, 6) is 0.570. The lowest BCUT2D eigenvalue weighted by molar-refractivity contribution is 0.125. The zero-order valence-electron chi connectivity index (χ0n) is 13.8. The molecule has 1 saturated heterocycles. The quantitative estimate of drug-likeness (QED) is 0.862. The van der Waals surface area contributed by atoms with Crippen molar-refractivity contribution in [3.05, 3.63) is 29.6 Å². The predicted octanol–water partition coefficient (Wildman–Crippen LogP) is 3.64. The number of nitrogens with one attached hydrogen (secondary N) is 1. The Morgan fingerprint density at radius 3 is 2.55 bits per heavy atom. The Morgan fingerprint density at radius 1 is 1.32 bits per heavy atom. The van der Waals surface area contributed by atoms with Crippen molar-refractivity contribution in [2.45, 2.75) is 32.7 Å². The second kappa shape index (κ2) is 9.33. The van der Waals surface area contributed by atoms with Gasteiger partial charge in [0.05, 0.1) is 7.11 Å². The normalized spacial score (nSPS) is 18.4. The fraction of sp³-hybridized carbons (Fsp3) is 0.647. The second-order valence-electron chi connectivity index (χ2n) is 5.89. The molecule has 1 N–H and O–H groups in total. The van der Waals surface area contributed by atoms with Crippen LogP contribution in [0.3, 0.4) is 0 Å². The van der Waals surface area contributed by atoms with Crippen molar-refractivity contribution < 1.29 is 9.13 Å². The summed E-state index contributed by atoms with van der Waals surface area (Å²) in [5.41, 5.74) is 1.07. The zero-order chi connectivity index (χ0) is 15.2. The number of benzene rings is 1. The van der Waals surface area contributed by atoms with Crippen molar-refractivity contribution in [1.82, 2.24) is 10.2 Å². The van der Waals surface area contributed by atoms with Gasteiger partial charge in [0, 0.05) is 32.2 Å². The number of halogens is 2. The molecule has 3 nitrogen and oxygen atoms in total. The summed E-state index contributed by atoms with van der Waals surface area (Å²) in [6.45, 7) is 8.54. The first-order chi connectivity index (χ1) is 10.2. The van der Waals surface area contributed by atoms with Gasteiger partial charge in [0.25, 0.3) is 0 Å². The molecule has 0 bridgehead atoms. The van der Waals surface area contributed by atoms with E-state index in [1.165, 1.54) is 7.11 Å². The molecule has 2 atom stereocenters. The van der Waals surface area contributed by atoms with E-state index in [9.17, 15) is 4.39 Å². The van der Waals surface area contributed by atoms with E-state index in [0.29, 0.717) is 11.7 Å². The molecule has 1 aliphatic heterocycles. The van der Waals surface area contributed by atoms with Crippen molar-refractivity contribution in [1.29, 1.82) is 0 Å². The molecule has 1 aliphatic rings. The molecule has 0 radical (unpaired) electrons. The molecule has 0 spiro atoms. The Morgan fingerprint density at radius 2 is 2.00 bits per heavy atom. The van der Waals surface area contributed by atoms with E-state index in [-0.39, 0.29) is 24.3 Å². The minimum atomic E-state index is -0.265. The first kappa shape index (κ1) is 19.2. The maximum Gasteiger partial charge on any atom is 0.165 e. The van der Waals surface area contributed by atoms with E-state index in [4.69, 9.17) is 4.74 Å². The fourth-order valence-corrected chi connectivity index (χ4v) is 3.34. The number of nitrogens with zero attached hydrogens (tertiary/aromatic N) is 1. The van der Waals surface area contributed by atoms with Gasteiger partial charge in [-0.1, -0.05) is 26.3 Å². The third-order valence-corrected chi connectivity index (χ3v) is 4.35. The van der Waals surface area contributed by atoms with Crippen molar-refractivity contribution in [3.8, 4) is 5.75 Å². The SMILES string of the molecule is CCCC(C)[C@H](c1ccc(OC)c(F)c1)N1CCNCC1.Cl. The number of hydrogen-bond donors (Lipinski definition) is 1. The molecule has 1 aromatic rings. The van der Waals surface area contributed by atoms with Crippen molar-refractivity contribution >= 4 is 12.4 Å². The maximum atomic E-state index is 14.1. The topological polar surface area (TPSA) is 24.5 Å². The standard InChI is InChI=1S/C17H27FN2O.ClH/c1-4-5-13(2)17(20-10-8-19-9-11-20)14-6-7-16(21-3)15(18)12-14;/h6-7,12-13,17,19H,4-5,8-11H2,1-3H3;1H/t13?,17-;/m1./s1. The molecule has 0 amide bonds. The van der Waals surface area contributed by atoms with E-state index in [0.717, 1.165) is 44.6 Å². The lowest BCUT2D eigenvalue weighted by Gasteiger charge is -2.38. The molecule has 5 heteroatoms. The molecule has 0 aliphatic carbocycles. The predicted molar refractivity (Wildman–Crippen MR) is 91.5 cm³/mol. The monoisotopic (exact) mass is 330 g/mol. The Kier molecular flexibility index (Phi) is 8.15. The molecule has 126 valence electrons. The summed E-state index contributed by atoms with van der Waals surface area (Å²) in [4.78, 5) is 2.48. The highest BCUT2D eigenvalue weighted by molar-refractivity contribution is 5.85. The fourth-order valence-electron chi connectivity index (χ4n) is 3.34. The summed E-state index contributed by atoms with van der Waals surface area (Å²) in [6.07, 6.45) is 2.31. The van der Waals surface area contributed by atoms with Gasteiger partial charge < -0.3 is 10.1 Å². The van der Waals surface area contributed by atoms with Crippen LogP contribution in [0.25, 0.3) is 0 Å². The summed E-state index contributed by atoms with van der Waals surface area (Å²) in [7, 11) is 1.51. The first-order valence-electron chi connectivity index (χ1n) is 7.95. The van der Waals surface area contributed by atoms with Crippen LogP contribution in [-0.4, -0.2) is 38.2 Å². The van der Waals surface area contributed by atoms with Gasteiger partial charge in [0.15, 0.2) is 11.6 Å². The van der Waals surface area contributed by atoms with Gasteiger partial charge in [0.1, 0.15) is 0 Å². The molecule has 0 saturated carbocycles. The van der Waals surface area contributed by atoms with Crippen molar-refractivity contribution in [2.24, 2.45) is 5.92 Å². The Bertz CT molecular complexity index is 452. The Hall–Kier alpha value is -0.840. The van der Waals surface area contributed by atoms with E-state index >= 15 is 0 Å². The van der Waals surface area contributed by atoms with Gasteiger partial charge in [-0.2, -0.15) is 0 Å². The average molecular weight is 331 g/mol. The van der Waals surface area contributed by atoms with Gasteiger partial charge >= 0.3 is 0 Å². The van der Waals surface area contributed by atoms with E-state index in [1.807, 2.05) is 6.07 Å². The number of methoxy groups -OCH3 is 1. The van der Waals surface area contributed by atoms with Gasteiger partial charge in [0.2, 0.25) is 0 Å². The smallest absolute Gasteiger partial charge is 0.165 e. The summed E-state index contributed by atoms with van der Waals surface area (Å²) >= 11 is 0. The van der Waals surface area contributed by atoms with E-state index in [2.05, 4.69) is 24.1 Å². The van der Waals surface area contributed by atoms with Crippen LogP contribution in [-0.2, 0) is 0 Å². The average Bonchev–Trinajstić information content (AvgIpc) is 2.49. The lowest BCUT2D eigenvalue weighted by Crippen LogP contribution is -2.46. The number of piperazine rings is 1. The number of ether oxygens (including phenoxy) is 1. The molecule has 1 aromatic carbocycles. The van der Waals surface area contributed by atoms with Crippen LogP contribution >= 0.6 is 12.4 Å². The number of hydrogen-bond acceptors (Lipinski definition) is 3. The van der Waals surface area contributed by atoms with Crippen LogP contribution in [0.2, 0.25) is 0 Å². The van der Waals surface area contributed by atoms with Crippen LogP contribution in [0, 0.1) is 11.7 Å². The molecule has 0 aromatic heterocycles. The van der Waals surface area contributed by atoms with Gasteiger partial charge in [-0.15, -0.1) is 12.4 Å². The van der Waals surface area contributed by atoms with E-state index in [1.54, 1.807) is 12.1 Å². The summed E-state index contributed by atoms with van der Waals surface area (Å²) in [5, 5.41) is 3.39. The molecule has 2 rings (SSSR count). The zero-order valence-corrected chi connectivity index (χ0v) is 14.6. The second-order valence-corrected chi connectivity index (χ2v) is 5.89. The Labute approximate surface area is 139 Å². The van der Waals surface area contributed by atoms with Crippen LogP contribution in [0.15, 0.2) is 18.2 Å². The van der Waals surface area contributed by atoms with Crippen molar-refractivity contribution in [2.75, 3.05) is 33.3 Å². The molecular formula is C17H28ClFN2O. The summed E-state index contributed by atoms with van der Waals surface area (Å²) < 4.78 is 19.1. The van der Waals surface area contributed by atoms with Crippen LogP contribution < -0.4 is 10.1 Å². The third-order valence-electron chi connectivity index (χ3n) is 4.35. The molecule has 1 fully saturated rings. The molecular weight excluding hydrogens is 303 g/mol. The Balaban J connectivity index is 0.00000242. The van der Waals surface area contributed by atoms with Gasteiger partial charge in [-0.25, -0.2) is 4.39 Å². The third kappa shape index (κ3) is 4.58. The largest absolute Gasteiger partial charge is 0.494 e. The molecule has 22 heavy (non-hydrogen) atoms. The van der Waals surface area contributed by atoms with Gasteiger partial charge in [-0.3, -0.25) is 4.90 Å². The van der Waals surface area contributed by atoms with Gasteiger partial charge in [-0.05, 0) is 30.0 Å². The minimum Gasteiger partial charge on any atom is -0.494 e. The number of rotatable bonds is 6. The van der Waals surface area contributed by atoms with Crippen LogP contribution in [0.1, 0.15) is 38.3 Å². The van der Waals surface area contributed by atoms with E-state index < -0.39 is 0 Å². The molecule has 1 unspecified atom stereocenters. The minimum absolute atomic E-state index is 0.